The Kier molecular flexibility index (Phi) is 21.4. The van der Waals surface area contributed by atoms with Gasteiger partial charge in [-0.15, -0.1) is 0 Å². The molecule has 0 saturated carbocycles. The molecular weight excluding hydrogens is 763 g/mol. The third kappa shape index (κ3) is 13.4. The molecule has 4 amide bonds. The number of ether oxygens (including phenoxy) is 2. The van der Waals surface area contributed by atoms with E-state index in [1.165, 1.54) is 0 Å². The predicted octanol–water partition coefficient (Wildman–Crippen LogP) is 3.37. The summed E-state index contributed by atoms with van der Waals surface area (Å²) in [5.74, 6) is -1.50. The maximum atomic E-state index is 14.5. The Morgan fingerprint density at radius 1 is 0.883 bits per heavy atom. The highest BCUT2D eigenvalue weighted by Crippen LogP contribution is 2.30. The van der Waals surface area contributed by atoms with Crippen molar-refractivity contribution in [2.75, 3.05) is 67.1 Å². The minimum Gasteiger partial charge on any atom is -0.379 e. The van der Waals surface area contributed by atoms with Crippen LogP contribution in [0.3, 0.4) is 0 Å². The summed E-state index contributed by atoms with van der Waals surface area (Å²) >= 11 is 0. The fraction of sp³-hybridized carbons (Fsp3) is 0.783. The number of aliphatic hydroxyl groups is 1. The molecule has 342 valence electrons. The normalized spacial score (nSPS) is 20.9. The van der Waals surface area contributed by atoms with Crippen LogP contribution >= 0.6 is 0 Å². The summed E-state index contributed by atoms with van der Waals surface area (Å²) in [5.41, 5.74) is 1.00. The Morgan fingerprint density at radius 2 is 1.52 bits per heavy atom. The first kappa shape index (κ1) is 51.2. The van der Waals surface area contributed by atoms with E-state index < -0.39 is 42.5 Å². The van der Waals surface area contributed by atoms with Crippen LogP contribution in [-0.2, 0) is 35.1 Å². The second-order valence-corrected chi connectivity index (χ2v) is 17.7. The Bertz CT molecular complexity index is 1460. The van der Waals surface area contributed by atoms with Crippen LogP contribution < -0.4 is 16.0 Å². The average Bonchev–Trinajstić information content (AvgIpc) is 3.72. The number of amides is 4. The van der Waals surface area contributed by atoms with E-state index in [1.807, 2.05) is 88.6 Å². The van der Waals surface area contributed by atoms with Gasteiger partial charge in [0.1, 0.15) is 12.3 Å². The number of rotatable bonds is 24. The average molecular weight is 844 g/mol. The van der Waals surface area contributed by atoms with Gasteiger partial charge in [-0.25, -0.2) is 0 Å². The number of hydrogen-bond acceptors (Lipinski definition) is 10. The zero-order valence-corrected chi connectivity index (χ0v) is 39.0. The Labute approximate surface area is 361 Å². The van der Waals surface area contributed by atoms with Gasteiger partial charge in [0.25, 0.3) is 0 Å². The molecule has 2 saturated heterocycles. The second-order valence-electron chi connectivity index (χ2n) is 17.7. The van der Waals surface area contributed by atoms with Crippen molar-refractivity contribution in [3.63, 3.8) is 0 Å². The van der Waals surface area contributed by atoms with Gasteiger partial charge in [0, 0.05) is 54.0 Å². The van der Waals surface area contributed by atoms with Crippen LogP contribution in [-0.4, -0.2) is 164 Å². The molecule has 0 aliphatic carbocycles. The molecule has 4 N–H and O–H groups in total. The van der Waals surface area contributed by atoms with Gasteiger partial charge >= 0.3 is 0 Å². The highest BCUT2D eigenvalue weighted by Gasteiger charge is 2.44. The number of nitrogens with one attached hydrogen (secondary N) is 3. The molecule has 10 atom stereocenters. The molecule has 0 bridgehead atoms. The summed E-state index contributed by atoms with van der Waals surface area (Å²) in [7, 11) is 4.92. The fourth-order valence-electron chi connectivity index (χ4n) is 9.39. The zero-order valence-electron chi connectivity index (χ0n) is 39.0. The van der Waals surface area contributed by atoms with Crippen LogP contribution in [0.2, 0.25) is 0 Å². The molecule has 2 aliphatic rings. The molecule has 0 spiro atoms. The van der Waals surface area contributed by atoms with Gasteiger partial charge < -0.3 is 40.3 Å². The van der Waals surface area contributed by atoms with E-state index in [0.29, 0.717) is 32.5 Å². The summed E-state index contributed by atoms with van der Waals surface area (Å²) in [6, 6.07) is 7.33. The van der Waals surface area contributed by atoms with Gasteiger partial charge in [-0.2, -0.15) is 0 Å². The quantitative estimate of drug-likeness (QED) is 0.114. The first-order valence-corrected chi connectivity index (χ1v) is 22.7. The summed E-state index contributed by atoms with van der Waals surface area (Å²) in [6.45, 7) is 22.8. The van der Waals surface area contributed by atoms with Gasteiger partial charge in [0.05, 0.1) is 48.7 Å². The maximum Gasteiger partial charge on any atom is 0.245 e. The van der Waals surface area contributed by atoms with Crippen molar-refractivity contribution in [1.82, 2.24) is 35.6 Å². The SMILES string of the molecule is CC[C@H](C)[C@@H](C(CC(=O)N1CCC[C@H]1[C@H](OC)[C@@H](C)C(=O)N[C@@H](Cc1ccccc1)C(O)N(CC)CC)OC)N(C)C(=O)[C@@H](NC(=O)[C@H](C(C)C)N1CCNCC1)C(C)C. The van der Waals surface area contributed by atoms with Crippen molar-refractivity contribution in [3.8, 4) is 0 Å². The topological polar surface area (TPSA) is 156 Å². The van der Waals surface area contributed by atoms with Crippen LogP contribution in [0, 0.1) is 23.7 Å². The molecule has 2 aliphatic heterocycles. The summed E-state index contributed by atoms with van der Waals surface area (Å²) in [5, 5.41) is 21.1. The lowest BCUT2D eigenvalue weighted by atomic mass is 9.89. The molecule has 14 nitrogen and oxygen atoms in total. The van der Waals surface area contributed by atoms with Crippen LogP contribution in [0.4, 0.5) is 0 Å². The molecule has 0 radical (unpaired) electrons. The third-order valence-corrected chi connectivity index (χ3v) is 13.1. The monoisotopic (exact) mass is 844 g/mol. The summed E-state index contributed by atoms with van der Waals surface area (Å²) in [6.07, 6.45) is 0.540. The van der Waals surface area contributed by atoms with Crippen molar-refractivity contribution in [2.45, 2.75) is 143 Å². The molecule has 14 heteroatoms. The molecule has 2 unspecified atom stereocenters. The van der Waals surface area contributed by atoms with Crippen LogP contribution in [0.1, 0.15) is 93.6 Å². The van der Waals surface area contributed by atoms with E-state index in [9.17, 15) is 24.3 Å². The smallest absolute Gasteiger partial charge is 0.245 e. The molecule has 1 aromatic rings. The van der Waals surface area contributed by atoms with Crippen molar-refractivity contribution in [1.29, 1.82) is 0 Å². The largest absolute Gasteiger partial charge is 0.379 e. The van der Waals surface area contributed by atoms with E-state index in [2.05, 4.69) is 34.7 Å². The van der Waals surface area contributed by atoms with Crippen LogP contribution in [0.25, 0.3) is 0 Å². The van der Waals surface area contributed by atoms with Crippen molar-refractivity contribution in [2.24, 2.45) is 23.7 Å². The number of benzene rings is 1. The molecule has 0 aromatic heterocycles. The Hall–Kier alpha value is -3.14. The van der Waals surface area contributed by atoms with Crippen LogP contribution in [0.5, 0.6) is 0 Å². The molecule has 2 heterocycles. The van der Waals surface area contributed by atoms with E-state index in [0.717, 1.165) is 44.6 Å². The number of likely N-dealkylation sites (tertiary alicyclic amines) is 1. The third-order valence-electron chi connectivity index (χ3n) is 13.1. The number of likely N-dealkylation sites (N-methyl/N-ethyl adjacent to an activating group) is 2. The molecule has 3 rings (SSSR count). The first-order chi connectivity index (χ1) is 28.6. The van der Waals surface area contributed by atoms with Crippen molar-refractivity contribution in [3.05, 3.63) is 35.9 Å². The number of carbonyl (C=O) groups is 4. The molecule has 2 fully saturated rings. The Morgan fingerprint density at radius 3 is 2.05 bits per heavy atom. The van der Waals surface area contributed by atoms with Crippen LogP contribution in [0.15, 0.2) is 30.3 Å². The zero-order chi connectivity index (χ0) is 44.7. The van der Waals surface area contributed by atoms with Crippen molar-refractivity contribution < 1.29 is 33.8 Å². The lowest BCUT2D eigenvalue weighted by Gasteiger charge is -2.41. The number of carbonyl (C=O) groups excluding carboxylic acids is 4. The van der Waals surface area contributed by atoms with E-state index in [4.69, 9.17) is 9.47 Å². The number of nitrogens with zero attached hydrogens (tertiary/aromatic N) is 4. The minimum absolute atomic E-state index is 0.0233. The minimum atomic E-state index is -0.891. The highest BCUT2D eigenvalue weighted by atomic mass is 16.5. The summed E-state index contributed by atoms with van der Waals surface area (Å²) < 4.78 is 12.2. The van der Waals surface area contributed by atoms with E-state index in [1.54, 1.807) is 26.2 Å². The lowest BCUT2D eigenvalue weighted by Crippen LogP contribution is -2.61. The van der Waals surface area contributed by atoms with Gasteiger partial charge in [-0.1, -0.05) is 99.1 Å². The predicted molar refractivity (Wildman–Crippen MR) is 237 cm³/mol. The molecular formula is C46H81N7O7. The van der Waals surface area contributed by atoms with Gasteiger partial charge in [-0.3, -0.25) is 29.0 Å². The lowest BCUT2D eigenvalue weighted by molar-refractivity contribution is -0.148. The fourth-order valence-corrected chi connectivity index (χ4v) is 9.39. The van der Waals surface area contributed by atoms with Gasteiger partial charge in [0.15, 0.2) is 0 Å². The van der Waals surface area contributed by atoms with Gasteiger partial charge in [0.2, 0.25) is 23.6 Å². The molecule has 1 aromatic carbocycles. The van der Waals surface area contributed by atoms with E-state index in [-0.39, 0.29) is 59.9 Å². The summed E-state index contributed by atoms with van der Waals surface area (Å²) in [4.78, 5) is 64.5. The number of methoxy groups -OCH3 is 2. The van der Waals surface area contributed by atoms with Crippen molar-refractivity contribution >= 4 is 23.6 Å². The standard InChI is InChI=1S/C46H81N7O7/c1-13-32(8)41(50(10)46(58)39(30(4)5)49-44(56)40(31(6)7)52-26-23-47-24-27-52)37(59-11)29-38(54)53-25-19-22-36(53)42(60-12)33(9)43(55)48-35(45(57)51(14-2)15-3)28-34-20-17-16-18-21-34/h16-18,20-21,30-33,35-37,39-42,45,47,57H,13-15,19,22-29H2,1-12H3,(H,48,55)(H,49,56)/t32-,33+,35-,36-,37?,39-,40-,41-,42+,45?/m0/s1. The Balaban J connectivity index is 1.80. The van der Waals surface area contributed by atoms with E-state index >= 15 is 0 Å². The van der Waals surface area contributed by atoms with Gasteiger partial charge in [-0.05, 0) is 55.7 Å². The highest BCUT2D eigenvalue weighted by molar-refractivity contribution is 5.90. The first-order valence-electron chi connectivity index (χ1n) is 22.7. The maximum absolute atomic E-state index is 14.5. The molecule has 60 heavy (non-hydrogen) atoms. The number of hydrogen-bond donors (Lipinski definition) is 4. The number of piperazine rings is 1. The second kappa shape index (κ2) is 25.1. The number of aliphatic hydroxyl groups excluding tert-OH is 1.